The Morgan fingerprint density at radius 1 is 1.24 bits per heavy atom. The highest BCUT2D eigenvalue weighted by Gasteiger charge is 2.17. The third-order valence-corrected chi connectivity index (χ3v) is 2.35. The number of aliphatic hydroxyl groups is 1. The molecule has 0 bridgehead atoms. The molecule has 0 aromatic heterocycles. The van der Waals surface area contributed by atoms with Crippen molar-refractivity contribution in [3.63, 3.8) is 0 Å². The van der Waals surface area contributed by atoms with Crippen molar-refractivity contribution >= 4 is 23.1 Å². The number of azo groups is 1. The van der Waals surface area contributed by atoms with Gasteiger partial charge in [0.2, 0.25) is 0 Å². The van der Waals surface area contributed by atoms with E-state index < -0.39 is 22.4 Å². The number of benzene rings is 1. The summed E-state index contributed by atoms with van der Waals surface area (Å²) in [6, 6.07) is 3.04. The number of ketones is 1. The van der Waals surface area contributed by atoms with E-state index in [4.69, 9.17) is 5.11 Å². The number of allylic oxidation sites excluding steroid dienone is 2. The number of rotatable bonds is 5. The fourth-order valence-corrected chi connectivity index (χ4v) is 1.39. The van der Waals surface area contributed by atoms with Crippen LogP contribution in [0.15, 0.2) is 39.9 Å². The summed E-state index contributed by atoms with van der Waals surface area (Å²) < 4.78 is 0. The Morgan fingerprint density at radius 2 is 1.86 bits per heavy atom. The summed E-state index contributed by atoms with van der Waals surface area (Å²) >= 11 is 0. The molecule has 0 saturated carbocycles. The molecule has 0 aliphatic rings. The third kappa shape index (κ3) is 3.93. The first-order valence-corrected chi connectivity index (χ1v) is 5.58. The number of Topliss-reactive ketones (excluding diaryl/α,β-unsaturated/α-hetero) is 1. The number of aromatic carboxylic acids is 1. The van der Waals surface area contributed by atoms with E-state index in [1.54, 1.807) is 0 Å². The van der Waals surface area contributed by atoms with Gasteiger partial charge in [0.25, 0.3) is 5.69 Å². The molecule has 0 atom stereocenters. The van der Waals surface area contributed by atoms with Gasteiger partial charge in [-0.1, -0.05) is 0 Å². The lowest BCUT2D eigenvalue weighted by molar-refractivity contribution is -0.384. The number of nitro benzene ring substituents is 1. The Kier molecular flexibility index (Phi) is 4.84. The van der Waals surface area contributed by atoms with Crippen molar-refractivity contribution in [3.8, 4) is 0 Å². The highest BCUT2D eigenvalue weighted by atomic mass is 16.6. The quantitative estimate of drug-likeness (QED) is 0.281. The van der Waals surface area contributed by atoms with Crippen LogP contribution in [0, 0.1) is 10.1 Å². The highest BCUT2D eigenvalue weighted by Crippen LogP contribution is 2.29. The summed E-state index contributed by atoms with van der Waals surface area (Å²) in [7, 11) is 0. The van der Waals surface area contributed by atoms with Gasteiger partial charge < -0.3 is 10.2 Å². The van der Waals surface area contributed by atoms with Gasteiger partial charge in [0.15, 0.2) is 17.2 Å². The fourth-order valence-electron chi connectivity index (χ4n) is 1.39. The number of carboxylic acids is 1. The Hall–Kier alpha value is -3.10. The van der Waals surface area contributed by atoms with Crippen LogP contribution in [0.5, 0.6) is 0 Å². The van der Waals surface area contributed by atoms with Crippen molar-refractivity contribution in [1.29, 1.82) is 0 Å². The van der Waals surface area contributed by atoms with Crippen LogP contribution in [-0.4, -0.2) is 26.9 Å². The summed E-state index contributed by atoms with van der Waals surface area (Å²) in [6.45, 7) is 2.37. The lowest BCUT2D eigenvalue weighted by Crippen LogP contribution is -1.98. The van der Waals surface area contributed by atoms with Crippen LogP contribution >= 0.6 is 0 Å². The van der Waals surface area contributed by atoms with Crippen LogP contribution in [0.3, 0.4) is 0 Å². The number of nitro groups is 1. The number of carbonyl (C=O) groups is 2. The van der Waals surface area contributed by atoms with Gasteiger partial charge in [0.05, 0.1) is 10.5 Å². The summed E-state index contributed by atoms with van der Waals surface area (Å²) in [5.74, 6) is -2.27. The molecule has 0 heterocycles. The smallest absolute Gasteiger partial charge is 0.335 e. The van der Waals surface area contributed by atoms with Gasteiger partial charge in [-0.2, -0.15) is 0 Å². The lowest BCUT2D eigenvalue weighted by atomic mass is 10.2. The van der Waals surface area contributed by atoms with E-state index in [9.17, 15) is 24.8 Å². The van der Waals surface area contributed by atoms with E-state index >= 15 is 0 Å². The van der Waals surface area contributed by atoms with E-state index in [1.165, 1.54) is 6.92 Å². The molecule has 9 heteroatoms. The van der Waals surface area contributed by atoms with Crippen LogP contribution in [-0.2, 0) is 4.79 Å². The lowest BCUT2D eigenvalue weighted by Gasteiger charge is -2.00. The zero-order chi connectivity index (χ0) is 16.2. The van der Waals surface area contributed by atoms with Gasteiger partial charge in [-0.15, -0.1) is 10.2 Å². The molecule has 0 spiro atoms. The van der Waals surface area contributed by atoms with Crippen LogP contribution < -0.4 is 0 Å². The van der Waals surface area contributed by atoms with Crippen molar-refractivity contribution in [2.45, 2.75) is 13.8 Å². The maximum atomic E-state index is 11.2. The number of aliphatic hydroxyl groups excluding tert-OH is 1. The Balaban J connectivity index is 3.32. The molecule has 0 saturated heterocycles. The molecule has 1 rings (SSSR count). The standard InChI is InChI=1S/C12H11N3O6/c1-6(16)11(7(2)17)14-13-9-4-3-8(12(18)19)5-10(9)15(20)21/h3-5,16H,1-2H3,(H,18,19). The summed E-state index contributed by atoms with van der Waals surface area (Å²) in [5, 5.41) is 35.9. The first-order valence-electron chi connectivity index (χ1n) is 5.58. The Bertz CT molecular complexity index is 674. The third-order valence-electron chi connectivity index (χ3n) is 2.35. The number of carbonyl (C=O) groups excluding carboxylic acids is 1. The van der Waals surface area contributed by atoms with Crippen molar-refractivity contribution in [2.75, 3.05) is 0 Å². The van der Waals surface area contributed by atoms with Crippen LogP contribution in [0.1, 0.15) is 24.2 Å². The number of hydrogen-bond acceptors (Lipinski definition) is 7. The fraction of sp³-hybridized carbons (Fsp3) is 0.167. The molecule has 110 valence electrons. The molecular weight excluding hydrogens is 282 g/mol. The second kappa shape index (κ2) is 6.37. The predicted octanol–water partition coefficient (Wildman–Crippen LogP) is 2.76. The van der Waals surface area contributed by atoms with Crippen LogP contribution in [0.4, 0.5) is 11.4 Å². The van der Waals surface area contributed by atoms with E-state index in [0.29, 0.717) is 0 Å². The average molecular weight is 293 g/mol. The molecule has 2 N–H and O–H groups in total. The molecule has 0 unspecified atom stereocenters. The van der Waals surface area contributed by atoms with Gasteiger partial charge in [-0.05, 0) is 19.1 Å². The van der Waals surface area contributed by atoms with Crippen molar-refractivity contribution < 1.29 is 24.7 Å². The van der Waals surface area contributed by atoms with Gasteiger partial charge >= 0.3 is 5.97 Å². The second-order valence-electron chi connectivity index (χ2n) is 3.96. The second-order valence-corrected chi connectivity index (χ2v) is 3.96. The van der Waals surface area contributed by atoms with Gasteiger partial charge in [-0.25, -0.2) is 4.79 Å². The minimum Gasteiger partial charge on any atom is -0.510 e. The normalized spacial score (nSPS) is 12.1. The van der Waals surface area contributed by atoms with Crippen LogP contribution in [0.25, 0.3) is 0 Å². The molecule has 21 heavy (non-hydrogen) atoms. The van der Waals surface area contributed by atoms with Gasteiger partial charge in [0.1, 0.15) is 5.76 Å². The van der Waals surface area contributed by atoms with E-state index in [0.717, 1.165) is 25.1 Å². The van der Waals surface area contributed by atoms with Crippen LogP contribution in [0.2, 0.25) is 0 Å². The Morgan fingerprint density at radius 3 is 2.29 bits per heavy atom. The minimum atomic E-state index is -1.32. The van der Waals surface area contributed by atoms with E-state index in [-0.39, 0.29) is 22.7 Å². The SMILES string of the molecule is CC(=O)C(N=Nc1ccc(C(=O)O)cc1[N+](=O)[O-])=C(C)O. The minimum absolute atomic E-state index is 0.231. The zero-order valence-electron chi connectivity index (χ0n) is 11.1. The molecule has 0 aliphatic carbocycles. The summed E-state index contributed by atoms with van der Waals surface area (Å²) in [4.78, 5) is 32.0. The maximum Gasteiger partial charge on any atom is 0.335 e. The topological polar surface area (TPSA) is 142 Å². The Labute approximate surface area is 118 Å². The summed E-state index contributed by atoms with van der Waals surface area (Å²) in [6.07, 6.45) is 0. The van der Waals surface area contributed by atoms with Crippen molar-refractivity contribution in [1.82, 2.24) is 0 Å². The monoisotopic (exact) mass is 293 g/mol. The van der Waals surface area contributed by atoms with Crippen molar-refractivity contribution in [2.24, 2.45) is 10.2 Å². The molecule has 0 aliphatic heterocycles. The first kappa shape index (κ1) is 16.0. The molecule has 1 aromatic rings. The largest absolute Gasteiger partial charge is 0.510 e. The molecule has 0 radical (unpaired) electrons. The maximum absolute atomic E-state index is 11.2. The zero-order valence-corrected chi connectivity index (χ0v) is 11.1. The average Bonchev–Trinajstić information content (AvgIpc) is 2.37. The summed E-state index contributed by atoms with van der Waals surface area (Å²) in [5.41, 5.74) is -1.42. The molecule has 0 fully saturated rings. The van der Waals surface area contributed by atoms with Gasteiger partial charge in [0, 0.05) is 13.0 Å². The van der Waals surface area contributed by atoms with E-state index in [2.05, 4.69) is 10.2 Å². The number of carboxylic acid groups (broad SMARTS) is 1. The predicted molar refractivity (Wildman–Crippen MR) is 70.6 cm³/mol. The number of nitrogens with zero attached hydrogens (tertiary/aromatic N) is 3. The number of hydrogen-bond donors (Lipinski definition) is 2. The molecule has 0 amide bonds. The van der Waals surface area contributed by atoms with Gasteiger partial charge in [-0.3, -0.25) is 14.9 Å². The first-order chi connectivity index (χ1) is 9.73. The molecular formula is C12H11N3O6. The molecule has 1 aromatic carbocycles. The van der Waals surface area contributed by atoms with E-state index in [1.807, 2.05) is 0 Å². The molecule has 9 nitrogen and oxygen atoms in total. The van der Waals surface area contributed by atoms with Crippen molar-refractivity contribution in [3.05, 3.63) is 45.3 Å². The highest BCUT2D eigenvalue weighted by molar-refractivity contribution is 5.93.